The van der Waals surface area contributed by atoms with Crippen LogP contribution in [0.15, 0.2) is 77.2 Å². The molecule has 1 unspecified atom stereocenters. The number of carboxylic acids is 1. The van der Waals surface area contributed by atoms with Gasteiger partial charge in [0, 0.05) is 19.4 Å². The molecule has 0 bridgehead atoms. The molecule has 0 aliphatic rings. The summed E-state index contributed by atoms with van der Waals surface area (Å²) in [5.74, 6) is 0.445. The maximum atomic E-state index is 11.3. The summed E-state index contributed by atoms with van der Waals surface area (Å²) in [6.07, 6.45) is -0.0303. The molecule has 1 N–H and O–H groups in total. The summed E-state index contributed by atoms with van der Waals surface area (Å²) < 4.78 is 17.0. The lowest BCUT2D eigenvalue weighted by molar-refractivity contribution is -0.149. The summed E-state index contributed by atoms with van der Waals surface area (Å²) in [4.78, 5) is 15.9. The van der Waals surface area contributed by atoms with E-state index < -0.39 is 12.1 Å². The van der Waals surface area contributed by atoms with Gasteiger partial charge in [-0.15, -0.1) is 0 Å². The topological polar surface area (TPSA) is 81.8 Å². The van der Waals surface area contributed by atoms with E-state index in [1.165, 1.54) is 0 Å². The smallest absolute Gasteiger partial charge is 0.333 e. The highest BCUT2D eigenvalue weighted by Crippen LogP contribution is 2.22. The number of nitrogens with zero attached hydrogens (tertiary/aromatic N) is 1. The van der Waals surface area contributed by atoms with E-state index in [0.29, 0.717) is 36.6 Å². The summed E-state index contributed by atoms with van der Waals surface area (Å²) in [7, 11) is 0. The third-order valence-corrected chi connectivity index (χ3v) is 5.09. The third-order valence-electron chi connectivity index (χ3n) is 5.09. The standard InChI is InChI=1S/C26H25NO5/c1-2-30-24(26(28)29)15-20-10-13-23-22(14-20)27-25(32-23)16-18-8-11-21(12-9-18)31-17-19-6-4-3-5-7-19/h3-14,24H,2,15-17H2,1H3,(H,28,29). The number of ether oxygens (including phenoxy) is 2. The van der Waals surface area contributed by atoms with Crippen molar-refractivity contribution in [3.63, 3.8) is 0 Å². The number of hydrogen-bond donors (Lipinski definition) is 1. The summed E-state index contributed by atoms with van der Waals surface area (Å²) in [6.45, 7) is 2.66. The van der Waals surface area contributed by atoms with Crippen LogP contribution in [0.1, 0.15) is 29.5 Å². The Hall–Kier alpha value is -3.64. The highest BCUT2D eigenvalue weighted by molar-refractivity contribution is 5.75. The first-order chi connectivity index (χ1) is 15.6. The minimum absolute atomic E-state index is 0.283. The first-order valence-corrected chi connectivity index (χ1v) is 10.6. The van der Waals surface area contributed by atoms with Crippen molar-refractivity contribution in [3.05, 3.63) is 95.4 Å². The first kappa shape index (κ1) is 21.6. The van der Waals surface area contributed by atoms with E-state index >= 15 is 0 Å². The maximum absolute atomic E-state index is 11.3. The SMILES string of the molecule is CCOC(Cc1ccc2oc(Cc3ccc(OCc4ccccc4)cc3)nc2c1)C(=O)O. The van der Waals surface area contributed by atoms with Crippen LogP contribution in [0.25, 0.3) is 11.1 Å². The number of carbonyl (C=O) groups is 1. The van der Waals surface area contributed by atoms with Gasteiger partial charge >= 0.3 is 5.97 Å². The van der Waals surface area contributed by atoms with Crippen LogP contribution in [-0.2, 0) is 29.0 Å². The van der Waals surface area contributed by atoms with Crippen LogP contribution in [0.3, 0.4) is 0 Å². The van der Waals surface area contributed by atoms with Crippen molar-refractivity contribution in [2.24, 2.45) is 0 Å². The Labute approximate surface area is 186 Å². The predicted octanol–water partition coefficient (Wildman–Crippen LogP) is 5.03. The van der Waals surface area contributed by atoms with Gasteiger partial charge < -0.3 is 19.0 Å². The summed E-state index contributed by atoms with van der Waals surface area (Å²) in [5.41, 5.74) is 4.42. The van der Waals surface area contributed by atoms with Crippen LogP contribution in [0.5, 0.6) is 5.75 Å². The molecule has 0 aliphatic heterocycles. The molecule has 3 aromatic carbocycles. The van der Waals surface area contributed by atoms with Gasteiger partial charge in [-0.1, -0.05) is 48.5 Å². The van der Waals surface area contributed by atoms with Crippen LogP contribution in [-0.4, -0.2) is 28.8 Å². The van der Waals surface area contributed by atoms with Gasteiger partial charge in [-0.3, -0.25) is 0 Å². The molecule has 164 valence electrons. The number of fused-ring (bicyclic) bond motifs is 1. The van der Waals surface area contributed by atoms with Crippen molar-refractivity contribution < 1.29 is 23.8 Å². The van der Waals surface area contributed by atoms with Crippen molar-refractivity contribution in [3.8, 4) is 5.75 Å². The maximum Gasteiger partial charge on any atom is 0.333 e. The van der Waals surface area contributed by atoms with E-state index in [9.17, 15) is 9.90 Å². The van der Waals surface area contributed by atoms with E-state index in [2.05, 4.69) is 4.98 Å². The Balaban J connectivity index is 1.40. The van der Waals surface area contributed by atoms with Gasteiger partial charge in [-0.25, -0.2) is 9.78 Å². The van der Waals surface area contributed by atoms with E-state index in [-0.39, 0.29) is 6.42 Å². The number of rotatable bonds is 10. The van der Waals surface area contributed by atoms with Gasteiger partial charge in [0.25, 0.3) is 0 Å². The van der Waals surface area contributed by atoms with Gasteiger partial charge in [0.2, 0.25) is 0 Å². The zero-order valence-corrected chi connectivity index (χ0v) is 17.9. The molecular formula is C26H25NO5. The van der Waals surface area contributed by atoms with Crippen molar-refractivity contribution in [1.29, 1.82) is 0 Å². The van der Waals surface area contributed by atoms with Gasteiger partial charge in [-0.2, -0.15) is 0 Å². The lowest BCUT2D eigenvalue weighted by Gasteiger charge is -2.11. The molecule has 0 radical (unpaired) electrons. The Morgan fingerprint density at radius 2 is 1.75 bits per heavy atom. The summed E-state index contributed by atoms with van der Waals surface area (Å²) >= 11 is 0. The molecule has 0 aliphatic carbocycles. The Bertz CT molecular complexity index is 1170. The van der Waals surface area contributed by atoms with Crippen LogP contribution in [0, 0.1) is 0 Å². The van der Waals surface area contributed by atoms with Crippen LogP contribution >= 0.6 is 0 Å². The molecule has 4 aromatic rings. The van der Waals surface area contributed by atoms with Crippen molar-refractivity contribution >= 4 is 17.1 Å². The number of oxazole rings is 1. The second-order valence-corrected chi connectivity index (χ2v) is 7.49. The van der Waals surface area contributed by atoms with Crippen LogP contribution in [0.4, 0.5) is 0 Å². The van der Waals surface area contributed by atoms with Gasteiger partial charge in [-0.05, 0) is 47.9 Å². The minimum atomic E-state index is -0.969. The molecule has 4 rings (SSSR count). The predicted molar refractivity (Wildman–Crippen MR) is 121 cm³/mol. The minimum Gasteiger partial charge on any atom is -0.489 e. The van der Waals surface area contributed by atoms with Gasteiger partial charge in [0.15, 0.2) is 17.6 Å². The highest BCUT2D eigenvalue weighted by Gasteiger charge is 2.18. The largest absolute Gasteiger partial charge is 0.489 e. The fourth-order valence-electron chi connectivity index (χ4n) is 3.48. The van der Waals surface area contributed by atoms with Crippen molar-refractivity contribution in [2.75, 3.05) is 6.61 Å². The second kappa shape index (κ2) is 10.1. The van der Waals surface area contributed by atoms with Crippen LogP contribution in [0.2, 0.25) is 0 Å². The number of hydrogen-bond acceptors (Lipinski definition) is 5. The second-order valence-electron chi connectivity index (χ2n) is 7.49. The quantitative estimate of drug-likeness (QED) is 0.379. The summed E-state index contributed by atoms with van der Waals surface area (Å²) in [5, 5.41) is 9.29. The molecule has 32 heavy (non-hydrogen) atoms. The molecule has 1 heterocycles. The molecule has 0 amide bonds. The Kier molecular flexibility index (Phi) is 6.82. The average molecular weight is 431 g/mol. The normalized spacial score (nSPS) is 12.0. The molecule has 0 saturated heterocycles. The monoisotopic (exact) mass is 431 g/mol. The zero-order chi connectivity index (χ0) is 22.3. The lowest BCUT2D eigenvalue weighted by Crippen LogP contribution is -2.26. The Morgan fingerprint density at radius 1 is 1.00 bits per heavy atom. The van der Waals surface area contributed by atoms with E-state index in [0.717, 1.165) is 22.4 Å². The molecule has 6 heteroatoms. The molecule has 6 nitrogen and oxygen atoms in total. The highest BCUT2D eigenvalue weighted by atomic mass is 16.5. The van der Waals surface area contributed by atoms with Crippen molar-refractivity contribution in [1.82, 2.24) is 4.98 Å². The number of aromatic nitrogens is 1. The van der Waals surface area contributed by atoms with Crippen LogP contribution < -0.4 is 4.74 Å². The fourth-order valence-corrected chi connectivity index (χ4v) is 3.48. The Morgan fingerprint density at radius 3 is 2.47 bits per heavy atom. The van der Waals surface area contributed by atoms with Gasteiger partial charge in [0.1, 0.15) is 17.9 Å². The van der Waals surface area contributed by atoms with E-state index in [1.54, 1.807) is 6.92 Å². The first-order valence-electron chi connectivity index (χ1n) is 10.6. The number of aliphatic carboxylic acids is 1. The third kappa shape index (κ3) is 5.53. The lowest BCUT2D eigenvalue weighted by atomic mass is 10.1. The van der Waals surface area contributed by atoms with Gasteiger partial charge in [0.05, 0.1) is 0 Å². The molecule has 0 fully saturated rings. The molecule has 0 spiro atoms. The van der Waals surface area contributed by atoms with E-state index in [1.807, 2.05) is 72.8 Å². The fraction of sp³-hybridized carbons (Fsp3) is 0.231. The summed E-state index contributed by atoms with van der Waals surface area (Å²) in [6, 6.07) is 23.5. The number of carboxylic acid groups (broad SMARTS) is 1. The average Bonchev–Trinajstić information content (AvgIpc) is 3.20. The van der Waals surface area contributed by atoms with Crippen molar-refractivity contribution in [2.45, 2.75) is 32.5 Å². The zero-order valence-electron chi connectivity index (χ0n) is 17.9. The molecule has 0 saturated carbocycles. The molecular weight excluding hydrogens is 406 g/mol. The number of benzene rings is 3. The molecule has 1 atom stereocenters. The van der Waals surface area contributed by atoms with E-state index in [4.69, 9.17) is 13.9 Å². The molecule has 1 aromatic heterocycles.